The highest BCUT2D eigenvalue weighted by Crippen LogP contribution is 2.32. The van der Waals surface area contributed by atoms with Gasteiger partial charge in [-0.2, -0.15) is 4.98 Å². The number of aromatic nitrogens is 2. The third-order valence-corrected chi connectivity index (χ3v) is 6.65. The van der Waals surface area contributed by atoms with Gasteiger partial charge < -0.3 is 23.8 Å². The molecular weight excluding hydrogens is 456 g/mol. The summed E-state index contributed by atoms with van der Waals surface area (Å²) in [6, 6.07) is 14.0. The summed E-state index contributed by atoms with van der Waals surface area (Å²) < 4.78 is 16.3. The molecule has 0 saturated carbocycles. The number of nitrogens with zero attached hydrogens (tertiary/aromatic N) is 4. The van der Waals surface area contributed by atoms with Gasteiger partial charge in [0.25, 0.3) is 0 Å². The zero-order chi connectivity index (χ0) is 25.9. The molecular formula is C28H36N4O4. The van der Waals surface area contributed by atoms with Crippen LogP contribution >= 0.6 is 0 Å². The normalized spacial score (nSPS) is 16.1. The van der Waals surface area contributed by atoms with Gasteiger partial charge in [0.2, 0.25) is 17.6 Å². The van der Waals surface area contributed by atoms with Gasteiger partial charge in [0.05, 0.1) is 20.1 Å². The first-order chi connectivity index (χ1) is 17.2. The first-order valence-electron chi connectivity index (χ1n) is 12.4. The predicted octanol–water partition coefficient (Wildman–Crippen LogP) is 5.11. The number of hydrogen-bond donors (Lipinski definition) is 0. The first kappa shape index (κ1) is 25.5. The molecule has 0 N–H and O–H groups in total. The zero-order valence-corrected chi connectivity index (χ0v) is 22.1. The lowest BCUT2D eigenvalue weighted by molar-refractivity contribution is -0.142. The van der Waals surface area contributed by atoms with Crippen molar-refractivity contribution >= 4 is 11.6 Å². The minimum atomic E-state index is -0.402. The van der Waals surface area contributed by atoms with E-state index in [-0.39, 0.29) is 18.4 Å². The molecule has 2 aromatic carbocycles. The molecule has 1 aliphatic heterocycles. The molecule has 192 valence electrons. The van der Waals surface area contributed by atoms with Crippen molar-refractivity contribution in [3.8, 4) is 22.9 Å². The van der Waals surface area contributed by atoms with E-state index in [4.69, 9.17) is 14.0 Å². The van der Waals surface area contributed by atoms with Gasteiger partial charge in [-0.05, 0) is 70.9 Å². The Bertz CT molecular complexity index is 1180. The second kappa shape index (κ2) is 10.6. The number of aryl methyl sites for hydroxylation is 1. The molecule has 0 spiro atoms. The Kier molecular flexibility index (Phi) is 7.52. The Hall–Kier alpha value is -3.55. The second-order valence-corrected chi connectivity index (χ2v) is 10.3. The molecule has 1 atom stereocenters. The van der Waals surface area contributed by atoms with Crippen LogP contribution in [-0.2, 0) is 11.3 Å². The van der Waals surface area contributed by atoms with Crippen LogP contribution in [0.4, 0.5) is 5.69 Å². The lowest BCUT2D eigenvalue weighted by atomic mass is 9.93. The molecule has 4 rings (SSSR count). The van der Waals surface area contributed by atoms with E-state index in [9.17, 15) is 4.79 Å². The first-order valence-corrected chi connectivity index (χ1v) is 12.4. The van der Waals surface area contributed by atoms with Gasteiger partial charge in [0.1, 0.15) is 6.54 Å². The van der Waals surface area contributed by atoms with E-state index in [1.54, 1.807) is 20.3 Å². The molecule has 1 aliphatic rings. The maximum absolute atomic E-state index is 13.8. The van der Waals surface area contributed by atoms with Crippen LogP contribution in [0.1, 0.15) is 45.1 Å². The lowest BCUT2D eigenvalue weighted by Gasteiger charge is -2.40. The average Bonchev–Trinajstić information content (AvgIpc) is 3.35. The number of rotatable bonds is 7. The Labute approximate surface area is 213 Å². The third-order valence-electron chi connectivity index (χ3n) is 6.65. The minimum Gasteiger partial charge on any atom is -0.493 e. The largest absolute Gasteiger partial charge is 0.493 e. The van der Waals surface area contributed by atoms with Gasteiger partial charge in [0.15, 0.2) is 11.5 Å². The number of piperidine rings is 1. The summed E-state index contributed by atoms with van der Waals surface area (Å²) in [5.74, 6) is 2.08. The summed E-state index contributed by atoms with van der Waals surface area (Å²) in [7, 11) is 3.18. The van der Waals surface area contributed by atoms with Crippen molar-refractivity contribution in [2.45, 2.75) is 52.6 Å². The highest BCUT2D eigenvalue weighted by atomic mass is 16.5. The standard InChI is InChI=1S/C28H36N4O4/c1-19-9-12-22(13-10-19)31-15-7-8-21(17-31)27(33)32(28(2,3)4)18-25-29-26(30-36-25)20-11-14-23(34-5)24(16-20)35-6/h9-14,16,21H,7-8,15,17-18H2,1-6H3. The van der Waals surface area contributed by atoms with Crippen LogP contribution in [0.5, 0.6) is 11.5 Å². The highest BCUT2D eigenvalue weighted by molar-refractivity contribution is 5.80. The van der Waals surface area contributed by atoms with Crippen molar-refractivity contribution in [2.75, 3.05) is 32.2 Å². The predicted molar refractivity (Wildman–Crippen MR) is 139 cm³/mol. The average molecular weight is 493 g/mol. The van der Waals surface area contributed by atoms with E-state index in [1.807, 2.05) is 37.8 Å². The van der Waals surface area contributed by atoms with Gasteiger partial charge in [-0.3, -0.25) is 4.79 Å². The van der Waals surface area contributed by atoms with Gasteiger partial charge in [-0.1, -0.05) is 22.9 Å². The quantitative estimate of drug-likeness (QED) is 0.454. The Balaban J connectivity index is 1.51. The molecule has 1 amide bonds. The Morgan fingerprint density at radius 2 is 1.83 bits per heavy atom. The molecule has 3 aromatic rings. The molecule has 1 fully saturated rings. The zero-order valence-electron chi connectivity index (χ0n) is 22.1. The molecule has 8 heteroatoms. The number of amides is 1. The van der Waals surface area contributed by atoms with Crippen molar-refractivity contribution in [3.05, 3.63) is 53.9 Å². The molecule has 2 heterocycles. The van der Waals surface area contributed by atoms with Crippen molar-refractivity contribution in [3.63, 3.8) is 0 Å². The number of methoxy groups -OCH3 is 2. The lowest BCUT2D eigenvalue weighted by Crippen LogP contribution is -2.51. The summed E-state index contributed by atoms with van der Waals surface area (Å²) in [6.07, 6.45) is 1.85. The van der Waals surface area contributed by atoms with E-state index in [2.05, 4.69) is 46.2 Å². The Morgan fingerprint density at radius 1 is 1.11 bits per heavy atom. The van der Waals surface area contributed by atoms with Crippen molar-refractivity contribution in [1.29, 1.82) is 0 Å². The van der Waals surface area contributed by atoms with Gasteiger partial charge >= 0.3 is 0 Å². The molecule has 1 saturated heterocycles. The number of ether oxygens (including phenoxy) is 2. The summed E-state index contributed by atoms with van der Waals surface area (Å²) in [5.41, 5.74) is 2.74. The molecule has 0 bridgehead atoms. The minimum absolute atomic E-state index is 0.0903. The number of carbonyl (C=O) groups is 1. The van der Waals surface area contributed by atoms with Crippen LogP contribution in [-0.4, -0.2) is 53.8 Å². The number of benzene rings is 2. The van der Waals surface area contributed by atoms with E-state index >= 15 is 0 Å². The van der Waals surface area contributed by atoms with Crippen molar-refractivity contribution in [2.24, 2.45) is 5.92 Å². The summed E-state index contributed by atoms with van der Waals surface area (Å²) in [6.45, 7) is 10.1. The highest BCUT2D eigenvalue weighted by Gasteiger charge is 2.35. The Morgan fingerprint density at radius 3 is 2.50 bits per heavy atom. The molecule has 1 aromatic heterocycles. The van der Waals surface area contributed by atoms with E-state index in [0.29, 0.717) is 29.8 Å². The molecule has 0 radical (unpaired) electrons. The molecule has 1 unspecified atom stereocenters. The maximum atomic E-state index is 13.8. The van der Waals surface area contributed by atoms with Crippen LogP contribution in [0.2, 0.25) is 0 Å². The van der Waals surface area contributed by atoms with Crippen molar-refractivity contribution in [1.82, 2.24) is 15.0 Å². The topological polar surface area (TPSA) is 80.9 Å². The van der Waals surface area contributed by atoms with Crippen molar-refractivity contribution < 1.29 is 18.8 Å². The van der Waals surface area contributed by atoms with Gasteiger partial charge in [-0.15, -0.1) is 0 Å². The fourth-order valence-electron chi connectivity index (χ4n) is 4.58. The second-order valence-electron chi connectivity index (χ2n) is 10.3. The monoisotopic (exact) mass is 492 g/mol. The smallest absolute Gasteiger partial charge is 0.246 e. The molecule has 8 nitrogen and oxygen atoms in total. The summed E-state index contributed by atoms with van der Waals surface area (Å²) >= 11 is 0. The molecule has 0 aliphatic carbocycles. The number of hydrogen-bond acceptors (Lipinski definition) is 7. The van der Waals surface area contributed by atoms with Crippen LogP contribution in [0.25, 0.3) is 11.4 Å². The third kappa shape index (κ3) is 5.64. The van der Waals surface area contributed by atoms with Crippen LogP contribution < -0.4 is 14.4 Å². The van der Waals surface area contributed by atoms with Crippen LogP contribution in [0, 0.1) is 12.8 Å². The van der Waals surface area contributed by atoms with Gasteiger partial charge in [-0.25, -0.2) is 0 Å². The van der Waals surface area contributed by atoms with E-state index in [1.165, 1.54) is 5.56 Å². The number of carbonyl (C=O) groups excluding carboxylic acids is 1. The van der Waals surface area contributed by atoms with Crippen LogP contribution in [0.3, 0.4) is 0 Å². The SMILES string of the molecule is COc1ccc(-c2noc(CN(C(=O)C3CCCN(c4ccc(C)cc4)C3)C(C)(C)C)n2)cc1OC. The summed E-state index contributed by atoms with van der Waals surface area (Å²) in [5, 5.41) is 4.15. The fourth-order valence-corrected chi connectivity index (χ4v) is 4.58. The fraction of sp³-hybridized carbons (Fsp3) is 0.464. The molecule has 36 heavy (non-hydrogen) atoms. The maximum Gasteiger partial charge on any atom is 0.246 e. The van der Waals surface area contributed by atoms with Crippen LogP contribution in [0.15, 0.2) is 47.0 Å². The van der Waals surface area contributed by atoms with E-state index in [0.717, 1.165) is 30.6 Å². The van der Waals surface area contributed by atoms with Gasteiger partial charge in [0, 0.05) is 29.9 Å². The summed E-state index contributed by atoms with van der Waals surface area (Å²) in [4.78, 5) is 22.6. The van der Waals surface area contributed by atoms with E-state index < -0.39 is 5.54 Å². The number of anilines is 1.